The van der Waals surface area contributed by atoms with Gasteiger partial charge < -0.3 is 19.9 Å². The lowest BCUT2D eigenvalue weighted by molar-refractivity contribution is -0.121. The maximum atomic E-state index is 12.6. The Morgan fingerprint density at radius 3 is 2.39 bits per heavy atom. The molecule has 0 saturated heterocycles. The number of benzene rings is 2. The van der Waals surface area contributed by atoms with Gasteiger partial charge in [0.25, 0.3) is 0 Å². The smallest absolute Gasteiger partial charge is 0.475 e. The number of rotatable bonds is 10. The molecule has 3 N–H and O–H groups in total. The van der Waals surface area contributed by atoms with Gasteiger partial charge in [0.1, 0.15) is 0 Å². The van der Waals surface area contributed by atoms with Crippen LogP contribution in [0.4, 0.5) is 0 Å². The first-order chi connectivity index (χ1) is 13.4. The maximum Gasteiger partial charge on any atom is 0.475 e. The molecule has 150 valence electrons. The summed E-state index contributed by atoms with van der Waals surface area (Å²) in [5.41, 5.74) is 2.02. The van der Waals surface area contributed by atoms with Crippen molar-refractivity contribution in [3.63, 3.8) is 0 Å². The van der Waals surface area contributed by atoms with Gasteiger partial charge in [0.05, 0.1) is 23.8 Å². The summed E-state index contributed by atoms with van der Waals surface area (Å²) < 4.78 is 14.3. The molecule has 2 aromatic carbocycles. The third-order valence-electron chi connectivity index (χ3n) is 4.40. The summed E-state index contributed by atoms with van der Waals surface area (Å²) in [6.07, 6.45) is 0.431. The number of hydrogen-bond acceptors (Lipinski definition) is 5. The zero-order chi connectivity index (χ0) is 20.5. The molecule has 8 heteroatoms. The summed E-state index contributed by atoms with van der Waals surface area (Å²) >= 11 is -1.34. The van der Waals surface area contributed by atoms with Crippen molar-refractivity contribution in [3.05, 3.63) is 65.7 Å². The molecule has 28 heavy (non-hydrogen) atoms. The molecular formula is C20H27BN2O4S. The fraction of sp³-hybridized carbons (Fsp3) is 0.350. The molecule has 0 radical (unpaired) electrons. The Hall–Kier alpha value is -1.84. The second-order valence-electron chi connectivity index (χ2n) is 6.61. The second-order valence-corrected chi connectivity index (χ2v) is 8.10. The van der Waals surface area contributed by atoms with E-state index < -0.39 is 24.4 Å². The number of nitrogens with zero attached hydrogens (tertiary/aromatic N) is 1. The first-order valence-electron chi connectivity index (χ1n) is 9.33. The molecule has 1 amide bonds. The van der Waals surface area contributed by atoms with E-state index in [0.29, 0.717) is 24.4 Å². The fourth-order valence-corrected chi connectivity index (χ4v) is 3.94. The van der Waals surface area contributed by atoms with E-state index in [2.05, 4.69) is 5.32 Å². The predicted octanol–water partition coefficient (Wildman–Crippen LogP) is 1.47. The van der Waals surface area contributed by atoms with Crippen LogP contribution in [0, 0.1) is 6.92 Å². The molecule has 0 aliphatic rings. The molecular weight excluding hydrogens is 375 g/mol. The average Bonchev–Trinajstić information content (AvgIpc) is 2.70. The topological polar surface area (TPSA) is 95.9 Å². The Labute approximate surface area is 170 Å². The molecule has 0 aromatic heterocycles. The van der Waals surface area contributed by atoms with Gasteiger partial charge in [-0.05, 0) is 38.0 Å². The highest BCUT2D eigenvalue weighted by Crippen LogP contribution is 2.15. The van der Waals surface area contributed by atoms with E-state index in [-0.39, 0.29) is 12.3 Å². The van der Waals surface area contributed by atoms with Crippen LogP contribution in [0.1, 0.15) is 24.5 Å². The minimum Gasteiger partial charge on any atom is -0.593 e. The zero-order valence-corrected chi connectivity index (χ0v) is 17.1. The highest BCUT2D eigenvalue weighted by atomic mass is 32.2. The van der Waals surface area contributed by atoms with Gasteiger partial charge >= 0.3 is 7.12 Å². The van der Waals surface area contributed by atoms with Crippen molar-refractivity contribution < 1.29 is 19.4 Å². The van der Waals surface area contributed by atoms with Gasteiger partial charge in [-0.25, -0.2) is 0 Å². The Balaban J connectivity index is 1.89. The van der Waals surface area contributed by atoms with Crippen molar-refractivity contribution in [2.45, 2.75) is 37.5 Å². The van der Waals surface area contributed by atoms with Crippen molar-refractivity contribution in [2.75, 3.05) is 13.1 Å². The first-order valence-corrected chi connectivity index (χ1v) is 10.4. The number of carbonyl (C=O) groups excluding carboxylic acids is 1. The van der Waals surface area contributed by atoms with Gasteiger partial charge in [0.15, 0.2) is 4.90 Å². The number of amides is 1. The van der Waals surface area contributed by atoms with E-state index in [1.165, 1.54) is 0 Å². The van der Waals surface area contributed by atoms with E-state index in [1.807, 2.05) is 56.3 Å². The summed E-state index contributed by atoms with van der Waals surface area (Å²) in [4.78, 5) is 13.0. The lowest BCUT2D eigenvalue weighted by atomic mass is 9.76. The number of aryl methyl sites for hydroxylation is 1. The van der Waals surface area contributed by atoms with Crippen LogP contribution in [0.2, 0.25) is 0 Å². The Morgan fingerprint density at radius 2 is 1.82 bits per heavy atom. The van der Waals surface area contributed by atoms with Gasteiger partial charge in [-0.15, -0.1) is 4.31 Å². The third kappa shape index (κ3) is 6.96. The first kappa shape index (κ1) is 22.5. The third-order valence-corrected chi connectivity index (χ3v) is 5.99. The molecule has 0 saturated carbocycles. The van der Waals surface area contributed by atoms with E-state index in [4.69, 9.17) is 0 Å². The van der Waals surface area contributed by atoms with Crippen LogP contribution in [-0.4, -0.2) is 51.0 Å². The fourth-order valence-electron chi connectivity index (χ4n) is 2.76. The summed E-state index contributed by atoms with van der Waals surface area (Å²) in [6, 6.07) is 16.8. The molecule has 6 nitrogen and oxygen atoms in total. The molecule has 2 aromatic rings. The second kappa shape index (κ2) is 11.2. The number of carbonyl (C=O) groups is 1. The molecule has 0 spiro atoms. The molecule has 0 aliphatic heterocycles. The number of hydrogen-bond donors (Lipinski definition) is 3. The monoisotopic (exact) mass is 402 g/mol. The van der Waals surface area contributed by atoms with Gasteiger partial charge in [-0.3, -0.25) is 4.79 Å². The minimum atomic E-state index is -1.66. The van der Waals surface area contributed by atoms with Crippen molar-refractivity contribution in [2.24, 2.45) is 0 Å². The van der Waals surface area contributed by atoms with Crippen LogP contribution in [-0.2, 0) is 22.6 Å². The van der Waals surface area contributed by atoms with Gasteiger partial charge in [-0.2, -0.15) is 0 Å². The van der Waals surface area contributed by atoms with E-state index in [9.17, 15) is 19.4 Å². The van der Waals surface area contributed by atoms with E-state index >= 15 is 0 Å². The lowest BCUT2D eigenvalue weighted by Crippen LogP contribution is -2.48. The van der Waals surface area contributed by atoms with E-state index in [0.717, 1.165) is 11.1 Å². The molecule has 2 rings (SSSR count). The van der Waals surface area contributed by atoms with Crippen LogP contribution in [0.5, 0.6) is 0 Å². The summed E-state index contributed by atoms with van der Waals surface area (Å²) in [5.74, 6) is -1.11. The minimum absolute atomic E-state index is 0.115. The maximum absolute atomic E-state index is 12.6. The molecule has 2 atom stereocenters. The SMILES string of the molecule is CCN(CCC(=O)N[C@@H](Cc1ccc(C)cc1)B(O)O)[S+]([O-])c1ccccc1. The van der Waals surface area contributed by atoms with Crippen molar-refractivity contribution in [1.29, 1.82) is 0 Å². The average molecular weight is 402 g/mol. The van der Waals surface area contributed by atoms with Crippen LogP contribution in [0.3, 0.4) is 0 Å². The Bertz CT molecular complexity index is 731. The molecule has 1 unspecified atom stereocenters. The van der Waals surface area contributed by atoms with Gasteiger partial charge in [-0.1, -0.05) is 48.0 Å². The zero-order valence-electron chi connectivity index (χ0n) is 16.2. The van der Waals surface area contributed by atoms with Gasteiger partial charge in [0.2, 0.25) is 5.91 Å². The molecule has 0 aliphatic carbocycles. The van der Waals surface area contributed by atoms with Gasteiger partial charge in [0, 0.05) is 13.0 Å². The van der Waals surface area contributed by atoms with Crippen molar-refractivity contribution >= 4 is 24.4 Å². The normalized spacial score (nSPS) is 13.2. The van der Waals surface area contributed by atoms with Crippen LogP contribution in [0.25, 0.3) is 0 Å². The van der Waals surface area contributed by atoms with Crippen molar-refractivity contribution in [3.8, 4) is 0 Å². The molecule has 0 fully saturated rings. The van der Waals surface area contributed by atoms with Crippen LogP contribution < -0.4 is 5.32 Å². The standard InChI is InChI=1S/C20H27BN2O4S/c1-3-23(28(27)18-7-5-4-6-8-18)14-13-20(24)22-19(21(25)26)15-17-11-9-16(2)10-12-17/h4-12,19,25-26H,3,13-15H2,1-2H3,(H,22,24)/t19-,28?/m0/s1. The quantitative estimate of drug-likeness (QED) is 0.413. The van der Waals surface area contributed by atoms with Crippen molar-refractivity contribution in [1.82, 2.24) is 9.62 Å². The molecule has 0 bridgehead atoms. The highest BCUT2D eigenvalue weighted by Gasteiger charge is 2.27. The van der Waals surface area contributed by atoms with Crippen LogP contribution >= 0.6 is 0 Å². The van der Waals surface area contributed by atoms with E-state index in [1.54, 1.807) is 16.4 Å². The molecule has 0 heterocycles. The number of nitrogens with one attached hydrogen (secondary N) is 1. The summed E-state index contributed by atoms with van der Waals surface area (Å²) in [7, 11) is -1.66. The van der Waals surface area contributed by atoms with Crippen LogP contribution in [0.15, 0.2) is 59.5 Å². The summed E-state index contributed by atoms with van der Waals surface area (Å²) in [6.45, 7) is 4.70. The Kier molecular flexibility index (Phi) is 9.01. The Morgan fingerprint density at radius 1 is 1.18 bits per heavy atom. The predicted molar refractivity (Wildman–Crippen MR) is 112 cm³/mol. The lowest BCUT2D eigenvalue weighted by Gasteiger charge is -2.23. The largest absolute Gasteiger partial charge is 0.593 e. The summed E-state index contributed by atoms with van der Waals surface area (Å²) in [5, 5.41) is 21.9. The highest BCUT2D eigenvalue weighted by molar-refractivity contribution is 7.89.